The molecule has 1 amide bonds. The summed E-state index contributed by atoms with van der Waals surface area (Å²) in [6, 6.07) is 9.19. The molecule has 1 unspecified atom stereocenters. The van der Waals surface area contributed by atoms with Crippen LogP contribution in [-0.4, -0.2) is 16.4 Å². The van der Waals surface area contributed by atoms with Gasteiger partial charge in [0.25, 0.3) is 0 Å². The summed E-state index contributed by atoms with van der Waals surface area (Å²) < 4.78 is 18.4. The Hall–Kier alpha value is -2.18. The van der Waals surface area contributed by atoms with E-state index in [0.717, 1.165) is 12.0 Å². The van der Waals surface area contributed by atoms with Crippen molar-refractivity contribution >= 4 is 18.3 Å². The van der Waals surface area contributed by atoms with Crippen molar-refractivity contribution in [2.45, 2.75) is 38.8 Å². The van der Waals surface area contributed by atoms with Gasteiger partial charge < -0.3 is 15.8 Å². The molecule has 3 N–H and O–H groups in total. The predicted molar refractivity (Wildman–Crippen MR) is 97.3 cm³/mol. The fourth-order valence-corrected chi connectivity index (χ4v) is 2.22. The van der Waals surface area contributed by atoms with Gasteiger partial charge in [0.1, 0.15) is 11.6 Å². The lowest BCUT2D eigenvalue weighted by Crippen LogP contribution is -2.51. The van der Waals surface area contributed by atoms with Gasteiger partial charge in [-0.05, 0) is 43.2 Å². The van der Waals surface area contributed by atoms with Crippen molar-refractivity contribution in [1.29, 1.82) is 0 Å². The first-order valence-corrected chi connectivity index (χ1v) is 7.86. The number of halogens is 2. The molecule has 7 heteroatoms. The Morgan fingerprint density at radius 1 is 1.28 bits per heavy atom. The highest BCUT2D eigenvalue weighted by molar-refractivity contribution is 5.85. The smallest absolute Gasteiger partial charge is 0.240 e. The fraction of sp³-hybridized carbons (Fsp3) is 0.333. The zero-order valence-electron chi connectivity index (χ0n) is 14.3. The van der Waals surface area contributed by atoms with E-state index in [1.165, 1.54) is 24.3 Å². The number of ether oxygens (including phenoxy) is 1. The summed E-state index contributed by atoms with van der Waals surface area (Å²) in [5.74, 6) is 0.391. The summed E-state index contributed by atoms with van der Waals surface area (Å²) in [6.07, 6.45) is 3.09. The van der Waals surface area contributed by atoms with E-state index in [1.807, 2.05) is 6.92 Å². The second-order valence-electron chi connectivity index (χ2n) is 5.91. The first kappa shape index (κ1) is 20.9. The highest BCUT2D eigenvalue weighted by Gasteiger charge is 2.26. The maximum atomic E-state index is 12.8. The van der Waals surface area contributed by atoms with Crippen molar-refractivity contribution < 1.29 is 13.9 Å². The number of benzene rings is 1. The number of pyridine rings is 1. The van der Waals surface area contributed by atoms with Crippen LogP contribution in [0.15, 0.2) is 42.6 Å². The van der Waals surface area contributed by atoms with Gasteiger partial charge in [0, 0.05) is 18.8 Å². The monoisotopic (exact) mass is 367 g/mol. The predicted octanol–water partition coefficient (Wildman–Crippen LogP) is 3.57. The third-order valence-corrected chi connectivity index (χ3v) is 3.57. The van der Waals surface area contributed by atoms with Crippen LogP contribution >= 0.6 is 12.4 Å². The van der Waals surface area contributed by atoms with Crippen LogP contribution in [0, 0.1) is 5.82 Å². The molecule has 0 bridgehead atoms. The average Bonchev–Trinajstić information content (AvgIpc) is 2.56. The number of carbonyl (C=O) groups excluding carboxylic acids is 1. The molecule has 0 saturated heterocycles. The molecule has 1 heterocycles. The molecule has 0 aliphatic carbocycles. The SMILES string of the molecule is CCCC(C)(N)C(=O)NCc1ccc(Oc2ccc(F)cc2)nc1.Cl. The molecule has 136 valence electrons. The van der Waals surface area contributed by atoms with E-state index >= 15 is 0 Å². The molecular weight excluding hydrogens is 345 g/mol. The highest BCUT2D eigenvalue weighted by Crippen LogP contribution is 2.19. The molecule has 2 rings (SSSR count). The third kappa shape index (κ3) is 6.32. The normalized spacial score (nSPS) is 12.6. The van der Waals surface area contributed by atoms with E-state index < -0.39 is 5.54 Å². The molecule has 2 aromatic rings. The molecule has 0 fully saturated rings. The van der Waals surface area contributed by atoms with E-state index in [4.69, 9.17) is 10.5 Å². The molecule has 5 nitrogen and oxygen atoms in total. The maximum absolute atomic E-state index is 12.8. The van der Waals surface area contributed by atoms with Crippen molar-refractivity contribution in [2.75, 3.05) is 0 Å². The number of rotatable bonds is 7. The lowest BCUT2D eigenvalue weighted by molar-refractivity contribution is -0.126. The lowest BCUT2D eigenvalue weighted by Gasteiger charge is -2.22. The van der Waals surface area contributed by atoms with Crippen LogP contribution in [0.5, 0.6) is 11.6 Å². The summed E-state index contributed by atoms with van der Waals surface area (Å²) in [5, 5.41) is 2.81. The quantitative estimate of drug-likeness (QED) is 0.784. The number of nitrogens with zero attached hydrogens (tertiary/aromatic N) is 1. The highest BCUT2D eigenvalue weighted by atomic mass is 35.5. The topological polar surface area (TPSA) is 77.2 Å². The van der Waals surface area contributed by atoms with Gasteiger partial charge in [-0.3, -0.25) is 4.79 Å². The van der Waals surface area contributed by atoms with Gasteiger partial charge in [-0.25, -0.2) is 9.37 Å². The van der Waals surface area contributed by atoms with Gasteiger partial charge in [0.15, 0.2) is 0 Å². The number of aromatic nitrogens is 1. The van der Waals surface area contributed by atoms with Crippen LogP contribution in [0.25, 0.3) is 0 Å². The minimum Gasteiger partial charge on any atom is -0.439 e. The van der Waals surface area contributed by atoms with Gasteiger partial charge in [-0.15, -0.1) is 12.4 Å². The minimum absolute atomic E-state index is 0. The summed E-state index contributed by atoms with van der Waals surface area (Å²) >= 11 is 0. The van der Waals surface area contributed by atoms with E-state index in [9.17, 15) is 9.18 Å². The van der Waals surface area contributed by atoms with E-state index in [2.05, 4.69) is 10.3 Å². The second-order valence-corrected chi connectivity index (χ2v) is 5.91. The van der Waals surface area contributed by atoms with Crippen LogP contribution in [0.3, 0.4) is 0 Å². The number of nitrogens with one attached hydrogen (secondary N) is 1. The van der Waals surface area contributed by atoms with Crippen molar-refractivity contribution in [3.8, 4) is 11.6 Å². The summed E-state index contributed by atoms with van der Waals surface area (Å²) in [4.78, 5) is 16.2. The van der Waals surface area contributed by atoms with Crippen LogP contribution in [0.2, 0.25) is 0 Å². The molecule has 1 atom stereocenters. The van der Waals surface area contributed by atoms with Crippen LogP contribution in [-0.2, 0) is 11.3 Å². The maximum Gasteiger partial charge on any atom is 0.240 e. The number of hydrogen-bond donors (Lipinski definition) is 2. The molecular formula is C18H23ClFN3O2. The molecule has 25 heavy (non-hydrogen) atoms. The second kappa shape index (κ2) is 9.34. The van der Waals surface area contributed by atoms with Gasteiger partial charge in [0.2, 0.25) is 11.8 Å². The Bertz CT molecular complexity index is 676. The first-order valence-electron chi connectivity index (χ1n) is 7.86. The first-order chi connectivity index (χ1) is 11.4. The molecule has 1 aromatic heterocycles. The number of hydrogen-bond acceptors (Lipinski definition) is 4. The standard InChI is InChI=1S/C18H22FN3O2.ClH/c1-3-10-18(2,20)17(23)22-12-13-4-9-16(21-11-13)24-15-7-5-14(19)6-8-15;/h4-9,11H,3,10,12,20H2,1-2H3,(H,22,23);1H. The molecule has 0 spiro atoms. The number of nitrogens with two attached hydrogens (primary N) is 1. The largest absolute Gasteiger partial charge is 0.439 e. The number of amides is 1. The van der Waals surface area contributed by atoms with E-state index in [-0.39, 0.29) is 24.1 Å². The third-order valence-electron chi connectivity index (χ3n) is 3.57. The summed E-state index contributed by atoms with van der Waals surface area (Å²) in [6.45, 7) is 4.06. The van der Waals surface area contributed by atoms with Crippen LogP contribution in [0.1, 0.15) is 32.3 Å². The zero-order valence-corrected chi connectivity index (χ0v) is 15.1. The minimum atomic E-state index is -0.867. The van der Waals surface area contributed by atoms with Crippen molar-refractivity contribution in [2.24, 2.45) is 5.73 Å². The van der Waals surface area contributed by atoms with Gasteiger partial charge in [-0.1, -0.05) is 19.4 Å². The molecule has 1 aromatic carbocycles. The Labute approximate surface area is 153 Å². The molecule has 0 aliphatic heterocycles. The Morgan fingerprint density at radius 2 is 1.96 bits per heavy atom. The Morgan fingerprint density at radius 3 is 2.52 bits per heavy atom. The lowest BCUT2D eigenvalue weighted by atomic mass is 9.96. The van der Waals surface area contributed by atoms with Crippen molar-refractivity contribution in [3.05, 3.63) is 54.0 Å². The van der Waals surface area contributed by atoms with Crippen molar-refractivity contribution in [3.63, 3.8) is 0 Å². The summed E-state index contributed by atoms with van der Waals surface area (Å²) in [5.41, 5.74) is 5.95. The van der Waals surface area contributed by atoms with Crippen LogP contribution in [0.4, 0.5) is 4.39 Å². The van der Waals surface area contributed by atoms with E-state index in [0.29, 0.717) is 24.6 Å². The Balaban J connectivity index is 0.00000312. The van der Waals surface area contributed by atoms with Gasteiger partial charge >= 0.3 is 0 Å². The van der Waals surface area contributed by atoms with E-state index in [1.54, 1.807) is 25.3 Å². The molecule has 0 aliphatic rings. The van der Waals surface area contributed by atoms with Crippen LogP contribution < -0.4 is 15.8 Å². The molecule has 0 saturated carbocycles. The Kier molecular flexibility index (Phi) is 7.80. The fourth-order valence-electron chi connectivity index (χ4n) is 2.22. The van der Waals surface area contributed by atoms with Gasteiger partial charge in [-0.2, -0.15) is 0 Å². The van der Waals surface area contributed by atoms with Gasteiger partial charge in [0.05, 0.1) is 5.54 Å². The van der Waals surface area contributed by atoms with Crippen molar-refractivity contribution in [1.82, 2.24) is 10.3 Å². The average molecular weight is 368 g/mol. The molecule has 0 radical (unpaired) electrons. The zero-order chi connectivity index (χ0) is 17.6. The number of carbonyl (C=O) groups is 1. The summed E-state index contributed by atoms with van der Waals surface area (Å²) in [7, 11) is 0.